The highest BCUT2D eigenvalue weighted by molar-refractivity contribution is 5.91. The van der Waals surface area contributed by atoms with Gasteiger partial charge in [0.1, 0.15) is 42.0 Å². The number of hydrogen-bond acceptors (Lipinski definition) is 19. The van der Waals surface area contributed by atoms with Crippen molar-refractivity contribution in [3.05, 3.63) is 65.5 Å². The predicted octanol–water partition coefficient (Wildman–Crippen LogP) is 2.33. The summed E-state index contributed by atoms with van der Waals surface area (Å²) in [5, 5.41) is 13.6. The van der Waals surface area contributed by atoms with Crippen LogP contribution in [0.1, 0.15) is 94.6 Å². The van der Waals surface area contributed by atoms with Crippen LogP contribution >= 0.6 is 0 Å². The Balaban J connectivity index is 1.79. The van der Waals surface area contributed by atoms with Gasteiger partial charge in [0.2, 0.25) is 0 Å². The standard InChI is InChI=1S/C43H49NO18/c1-20-21(2)37(50)61-34-32(57-23(4)46)36(60-26(7)49)42(19-55-38(51)27-14-11-10-12-15-27)35(59-25(6)48)31(56-22(3)45)29-33(58-24(5)47)43(42,41(34,9)53)62-40(29,8)18-54-39(52)28-16-13-17-44-30(20)28/h10-17,20-21,29,31-36,53H,18-19H2,1-9H3/t20-,21-,29+,31+,32+,33+,34+,35+,36-,40+,41+,42-,43-/m0/s1. The van der Waals surface area contributed by atoms with Crippen LogP contribution in [0.4, 0.5) is 0 Å². The highest BCUT2D eigenvalue weighted by atomic mass is 16.7. The summed E-state index contributed by atoms with van der Waals surface area (Å²) in [6.45, 7) is 8.62. The molecule has 6 rings (SSSR count). The Bertz CT molecular complexity index is 2160. The van der Waals surface area contributed by atoms with Gasteiger partial charge in [-0.3, -0.25) is 33.8 Å². The van der Waals surface area contributed by atoms with Crippen LogP contribution in [0.15, 0.2) is 48.7 Å². The van der Waals surface area contributed by atoms with Crippen molar-refractivity contribution >= 4 is 47.8 Å². The Kier molecular flexibility index (Phi) is 12.3. The molecular formula is C43H49NO18. The molecule has 2 aliphatic heterocycles. The van der Waals surface area contributed by atoms with E-state index in [0.29, 0.717) is 0 Å². The van der Waals surface area contributed by atoms with Gasteiger partial charge in [-0.05, 0) is 38.1 Å². The first-order chi connectivity index (χ1) is 29.0. The van der Waals surface area contributed by atoms with Crippen molar-refractivity contribution in [2.24, 2.45) is 17.3 Å². The minimum Gasteiger partial charge on any atom is -0.461 e. The number of pyridine rings is 1. The highest BCUT2D eigenvalue weighted by Crippen LogP contribution is 2.70. The van der Waals surface area contributed by atoms with Crippen molar-refractivity contribution in [2.75, 3.05) is 13.2 Å². The minimum atomic E-state index is -2.86. The number of carbonyl (C=O) groups excluding carboxylic acids is 8. The van der Waals surface area contributed by atoms with E-state index in [4.69, 9.17) is 42.6 Å². The molecule has 2 saturated carbocycles. The number of ether oxygens (including phenoxy) is 9. The molecule has 2 aromatic rings. The van der Waals surface area contributed by atoms with Gasteiger partial charge in [-0.2, -0.15) is 0 Å². The lowest BCUT2D eigenvalue weighted by molar-refractivity contribution is -0.386. The van der Waals surface area contributed by atoms with E-state index in [0.717, 1.165) is 41.5 Å². The first-order valence-electron chi connectivity index (χ1n) is 19.9. The van der Waals surface area contributed by atoms with Gasteiger partial charge in [0.05, 0.1) is 28.7 Å². The fourth-order valence-corrected chi connectivity index (χ4v) is 9.87. The zero-order valence-corrected chi connectivity index (χ0v) is 35.6. The molecule has 13 atom stereocenters. The number of nitrogens with zero attached hydrogens (tertiary/aromatic N) is 1. The Hall–Kier alpha value is -5.95. The third-order valence-corrected chi connectivity index (χ3v) is 12.4. The van der Waals surface area contributed by atoms with Crippen LogP contribution in [0, 0.1) is 17.3 Å². The minimum absolute atomic E-state index is 0.00452. The van der Waals surface area contributed by atoms with E-state index in [1.54, 1.807) is 13.0 Å². The number of esters is 8. The smallest absolute Gasteiger partial charge is 0.340 e. The molecule has 0 amide bonds. The summed E-state index contributed by atoms with van der Waals surface area (Å²) in [4.78, 5) is 114. The van der Waals surface area contributed by atoms with Gasteiger partial charge in [0.25, 0.3) is 0 Å². The number of aromatic nitrogens is 1. The van der Waals surface area contributed by atoms with Crippen molar-refractivity contribution in [3.63, 3.8) is 0 Å². The molecule has 1 aromatic carbocycles. The van der Waals surface area contributed by atoms with E-state index < -0.39 is 138 Å². The fourth-order valence-electron chi connectivity index (χ4n) is 9.87. The molecular weight excluding hydrogens is 818 g/mol. The van der Waals surface area contributed by atoms with Crippen molar-refractivity contribution in [2.45, 2.75) is 122 Å². The maximum atomic E-state index is 14.5. The lowest BCUT2D eigenvalue weighted by Gasteiger charge is -2.67. The monoisotopic (exact) mass is 867 g/mol. The molecule has 19 heteroatoms. The molecule has 0 unspecified atom stereocenters. The van der Waals surface area contributed by atoms with Gasteiger partial charge in [0.15, 0.2) is 30.0 Å². The van der Waals surface area contributed by atoms with Crippen LogP contribution in [0.2, 0.25) is 0 Å². The number of cyclic esters (lactones) is 1. The van der Waals surface area contributed by atoms with E-state index in [1.807, 2.05) is 0 Å². The van der Waals surface area contributed by atoms with Crippen LogP contribution in [0.25, 0.3) is 0 Å². The third kappa shape index (κ3) is 7.43. The molecule has 4 aliphatic rings. The van der Waals surface area contributed by atoms with E-state index in [2.05, 4.69) is 4.98 Å². The predicted molar refractivity (Wildman–Crippen MR) is 205 cm³/mol. The third-order valence-electron chi connectivity index (χ3n) is 12.4. The highest BCUT2D eigenvalue weighted by Gasteiger charge is 2.92. The van der Waals surface area contributed by atoms with Crippen LogP contribution in [0.5, 0.6) is 0 Å². The second-order valence-corrected chi connectivity index (χ2v) is 16.5. The number of benzene rings is 1. The van der Waals surface area contributed by atoms with Gasteiger partial charge in [-0.15, -0.1) is 0 Å². The zero-order valence-electron chi connectivity index (χ0n) is 35.6. The maximum Gasteiger partial charge on any atom is 0.340 e. The summed E-state index contributed by atoms with van der Waals surface area (Å²) in [5.41, 5.74) is -10.3. The van der Waals surface area contributed by atoms with Gasteiger partial charge in [-0.25, -0.2) is 9.59 Å². The lowest BCUT2D eigenvalue weighted by atomic mass is 9.45. The molecule has 2 aliphatic carbocycles. The summed E-state index contributed by atoms with van der Waals surface area (Å²) in [7, 11) is 0. The van der Waals surface area contributed by atoms with E-state index in [9.17, 15) is 43.5 Å². The molecule has 1 spiro atoms. The molecule has 334 valence electrons. The van der Waals surface area contributed by atoms with Crippen LogP contribution in [0.3, 0.4) is 0 Å². The summed E-state index contributed by atoms with van der Waals surface area (Å²) in [6, 6.07) is 10.4. The summed E-state index contributed by atoms with van der Waals surface area (Å²) in [5.74, 6) is -11.8. The second kappa shape index (κ2) is 16.7. The summed E-state index contributed by atoms with van der Waals surface area (Å²) in [6.07, 6.45) is -10.8. The summed E-state index contributed by atoms with van der Waals surface area (Å²) >= 11 is 0. The Morgan fingerprint density at radius 2 is 1.29 bits per heavy atom. The molecule has 0 radical (unpaired) electrons. The van der Waals surface area contributed by atoms with Crippen molar-refractivity contribution in [1.29, 1.82) is 0 Å². The Morgan fingerprint density at radius 1 is 0.742 bits per heavy atom. The Labute approximate surface area is 355 Å². The number of aliphatic hydroxyl groups is 1. The van der Waals surface area contributed by atoms with Crippen molar-refractivity contribution < 1.29 is 86.1 Å². The molecule has 1 saturated heterocycles. The normalized spacial score (nSPS) is 36.0. The van der Waals surface area contributed by atoms with Crippen molar-refractivity contribution in [1.82, 2.24) is 4.98 Å². The number of fused-ring (bicyclic) bond motifs is 5. The summed E-state index contributed by atoms with van der Waals surface area (Å²) < 4.78 is 55.4. The van der Waals surface area contributed by atoms with Crippen LogP contribution in [-0.4, -0.2) is 124 Å². The average molecular weight is 868 g/mol. The second-order valence-electron chi connectivity index (χ2n) is 16.5. The van der Waals surface area contributed by atoms with E-state index in [1.165, 1.54) is 56.4 Å². The van der Waals surface area contributed by atoms with Crippen LogP contribution in [-0.2, 0) is 71.4 Å². The SMILES string of the molecule is CC(=O)O[C@@H]1[C@@H]2[C@@H](OC(C)=O)[C@@]34O[C@]2(C)COC(=O)c2cccnc2[C@@H](C)[C@H](C)C(=O)O[C@H]([C@@H](OC(C)=O)[C@H](OC(C)=O)[C@]3(COC(=O)c2ccccc2)[C@@H]1OC(C)=O)[C@@]4(C)O. The molecule has 19 nitrogen and oxygen atoms in total. The van der Waals surface area contributed by atoms with Crippen molar-refractivity contribution in [3.8, 4) is 0 Å². The molecule has 4 bridgehead atoms. The largest absolute Gasteiger partial charge is 0.461 e. The quantitative estimate of drug-likeness (QED) is 0.295. The fraction of sp³-hybridized carbons (Fsp3) is 0.558. The van der Waals surface area contributed by atoms with Gasteiger partial charge in [-0.1, -0.05) is 32.0 Å². The maximum absolute atomic E-state index is 14.5. The number of carbonyl (C=O) groups is 8. The topological polar surface area (TPSA) is 253 Å². The van der Waals surface area contributed by atoms with E-state index in [-0.39, 0.29) is 16.8 Å². The molecule has 3 heterocycles. The first kappa shape index (κ1) is 45.6. The average Bonchev–Trinajstić information content (AvgIpc) is 3.42. The first-order valence-corrected chi connectivity index (χ1v) is 19.9. The van der Waals surface area contributed by atoms with Gasteiger partial charge >= 0.3 is 47.8 Å². The molecule has 1 aromatic heterocycles. The lowest BCUT2D eigenvalue weighted by Crippen LogP contribution is -2.89. The Morgan fingerprint density at radius 3 is 1.87 bits per heavy atom. The van der Waals surface area contributed by atoms with Crippen LogP contribution < -0.4 is 0 Å². The molecule has 3 fully saturated rings. The van der Waals surface area contributed by atoms with E-state index >= 15 is 0 Å². The number of rotatable bonds is 8. The number of hydrogen-bond donors (Lipinski definition) is 1. The van der Waals surface area contributed by atoms with Gasteiger partial charge in [0, 0.05) is 46.7 Å². The van der Waals surface area contributed by atoms with Gasteiger partial charge < -0.3 is 47.7 Å². The zero-order chi connectivity index (χ0) is 45.7. The molecule has 62 heavy (non-hydrogen) atoms. The molecule has 1 N–H and O–H groups in total.